The van der Waals surface area contributed by atoms with E-state index in [0.717, 1.165) is 38.5 Å². The first-order valence-electron chi connectivity index (χ1n) is 35.5. The summed E-state index contributed by atoms with van der Waals surface area (Å²) in [5, 5.41) is 19.2. The maximum absolute atomic E-state index is 14.1. The minimum Gasteiger partial charge on any atom is -0.382 e. The zero-order valence-electron chi connectivity index (χ0n) is 63.8. The van der Waals surface area contributed by atoms with Crippen LogP contribution in [0, 0.1) is 81.3 Å². The van der Waals surface area contributed by atoms with E-state index in [0.29, 0.717) is 125 Å². The summed E-state index contributed by atoms with van der Waals surface area (Å²) in [5.41, 5.74) is -4.13. The normalized spacial score (nSPS) is 35.2. The number of amides is 1. The van der Waals surface area contributed by atoms with Crippen LogP contribution in [0.5, 0.6) is 0 Å². The predicted octanol–water partition coefficient (Wildman–Crippen LogP) is 10.2. The molecule has 1 amide bonds. The van der Waals surface area contributed by atoms with E-state index < -0.39 is 83.8 Å². The molecule has 7 fully saturated rings. The number of carbonyl (C=O) groups excluding carboxylic acids is 8. The van der Waals surface area contributed by atoms with Crippen molar-refractivity contribution in [2.24, 2.45) is 78.7 Å². The first kappa shape index (κ1) is 97.7. The second-order valence-corrected chi connectivity index (χ2v) is 50.4. The molecule has 7 heterocycles. The Kier molecular flexibility index (Phi) is 39.3. The third-order valence-corrected chi connectivity index (χ3v) is 34.3. The number of Topliss-reactive ketones (excluding diaryl/α,β-unsaturated/α-hetero) is 7. The summed E-state index contributed by atoms with van der Waals surface area (Å²) in [6, 6.07) is 2.13. The molecule has 7 saturated heterocycles. The average molecular weight is 1560 g/mol. The van der Waals surface area contributed by atoms with Gasteiger partial charge >= 0.3 is 0 Å². The van der Waals surface area contributed by atoms with E-state index in [1.165, 1.54) is 6.92 Å². The average Bonchev–Trinajstić information content (AvgIpc) is 0.819. The largest absolute Gasteiger partial charge is 0.382 e. The zero-order chi connectivity index (χ0) is 77.8. The third-order valence-electron chi connectivity index (χ3n) is 20.0. The van der Waals surface area contributed by atoms with Gasteiger partial charge in [0.15, 0.2) is 23.0 Å². The number of alkyl halides is 1. The van der Waals surface area contributed by atoms with Crippen LogP contribution < -0.4 is 0 Å². The Bertz CT molecular complexity index is 3520. The number of rotatable bonds is 14. The van der Waals surface area contributed by atoms with Gasteiger partial charge in [0.25, 0.3) is 5.91 Å². The van der Waals surface area contributed by atoms with Crippen LogP contribution in [0.2, 0.25) is 0 Å². The van der Waals surface area contributed by atoms with Crippen molar-refractivity contribution in [3.8, 4) is 6.07 Å². The molecule has 0 atom stereocenters. The lowest BCUT2D eigenvalue weighted by Gasteiger charge is -2.34. The SMILES string of the molecule is C.C=S1(=O)CCC(C#N)(C(=O)C(C)C)CC1.C=S1(=O)CCC(C(=O)C(C)C)CC1.C=S1(=O)CCC(C)(C(=O)C(C)C)CC1.C=S1(=O)CCC(F)(C(=O)C(C)C)CC1.C=S1(=O)CCC(O)(C(=O)C(C)C)CC1.CC(=O)N=S1(=O)CCC(C(=O)C(C)C)CC1.CN=S1(=O)CCC(C(=O)C(C)C)CC1. The van der Waals surface area contributed by atoms with Crippen LogP contribution in [0.4, 0.5) is 4.39 Å². The Balaban J connectivity index is 0.00000115. The van der Waals surface area contributed by atoms with Crippen LogP contribution in [0.15, 0.2) is 8.73 Å². The fourth-order valence-electron chi connectivity index (χ4n) is 12.8. The van der Waals surface area contributed by atoms with Gasteiger partial charge in [-0.2, -0.15) is 9.62 Å². The molecule has 0 spiro atoms. The van der Waals surface area contributed by atoms with Crippen molar-refractivity contribution in [2.45, 2.75) is 219 Å². The number of nitrogens with zero attached hydrogens (tertiary/aromatic N) is 3. The summed E-state index contributed by atoms with van der Waals surface area (Å²) in [6.45, 7) is 29.2. The molecular weight excluding hydrogens is 1430 g/mol. The first-order valence-corrected chi connectivity index (χ1v) is 49.5. The minimum absolute atomic E-state index is 0. The smallest absolute Gasteiger partial charge is 0.250 e. The number of ketones is 7. The lowest BCUT2D eigenvalue weighted by Crippen LogP contribution is -2.47. The first-order chi connectivity index (χ1) is 45.4. The Labute approximate surface area is 612 Å². The van der Waals surface area contributed by atoms with E-state index in [4.69, 9.17) is 5.26 Å². The van der Waals surface area contributed by atoms with Gasteiger partial charge in [0.05, 0.1) is 15.8 Å². The monoisotopic (exact) mass is 1560 g/mol. The van der Waals surface area contributed by atoms with E-state index in [1.54, 1.807) is 48.6 Å². The van der Waals surface area contributed by atoms with Crippen molar-refractivity contribution < 1.29 is 77.3 Å². The molecule has 7 rings (SSSR count). The molecule has 1 N–H and O–H groups in total. The highest BCUT2D eigenvalue weighted by atomic mass is 32.2. The molecule has 0 aromatic rings. The van der Waals surface area contributed by atoms with E-state index in [9.17, 15) is 77.3 Å². The van der Waals surface area contributed by atoms with E-state index in [2.05, 4.69) is 44.1 Å². The van der Waals surface area contributed by atoms with Gasteiger partial charge in [0, 0.05) is 169 Å². The van der Waals surface area contributed by atoms with Gasteiger partial charge in [0.1, 0.15) is 34.1 Å². The Morgan fingerprint density at radius 3 is 0.960 bits per heavy atom. The molecule has 0 radical (unpaired) electrons. The Morgan fingerprint density at radius 1 is 0.416 bits per heavy atom. The second-order valence-electron chi connectivity index (χ2n) is 31.3. The highest BCUT2D eigenvalue weighted by molar-refractivity contribution is 8.01. The molecule has 7 aliphatic rings. The number of aliphatic hydroxyl groups is 1. The fraction of sp³-hybridized carbons (Fsp3) is 0.811. The van der Waals surface area contributed by atoms with Gasteiger partial charge in [-0.25, -0.2) is 17.2 Å². The molecule has 101 heavy (non-hydrogen) atoms. The molecule has 7 aliphatic heterocycles. The topological polar surface area (TPSA) is 325 Å². The van der Waals surface area contributed by atoms with Gasteiger partial charge in [0.2, 0.25) is 0 Å². The van der Waals surface area contributed by atoms with Crippen LogP contribution in [0.25, 0.3) is 0 Å². The van der Waals surface area contributed by atoms with Crippen LogP contribution in [0.1, 0.15) is 208 Å². The van der Waals surface area contributed by atoms with Gasteiger partial charge in [-0.15, -0.1) is 0 Å². The molecule has 0 aromatic carbocycles. The van der Waals surface area contributed by atoms with Gasteiger partial charge in [-0.3, -0.25) is 59.4 Å². The number of halogens is 1. The van der Waals surface area contributed by atoms with Crippen molar-refractivity contribution in [1.29, 1.82) is 5.26 Å². The summed E-state index contributed by atoms with van der Waals surface area (Å²) in [5.74, 6) is 25.0. The lowest BCUT2D eigenvalue weighted by atomic mass is 9.75. The Morgan fingerprint density at radius 2 is 0.683 bits per heavy atom. The molecule has 0 saturated carbocycles. The van der Waals surface area contributed by atoms with Crippen LogP contribution in [-0.4, -0.2) is 209 Å². The summed E-state index contributed by atoms with van der Waals surface area (Å²) in [7, 11) is -12.5. The molecule has 19 nitrogen and oxygen atoms in total. The highest BCUT2D eigenvalue weighted by Crippen LogP contribution is 2.37. The summed E-state index contributed by atoms with van der Waals surface area (Å²) in [4.78, 5) is 92.9. The van der Waals surface area contributed by atoms with Gasteiger partial charge in [-0.05, 0) is 167 Å². The quantitative estimate of drug-likeness (QED) is 0.158. The van der Waals surface area contributed by atoms with Crippen molar-refractivity contribution in [3.05, 3.63) is 0 Å². The van der Waals surface area contributed by atoms with E-state index in [1.807, 2.05) is 62.3 Å². The predicted molar refractivity (Wildman–Crippen MR) is 428 cm³/mol. The number of carbonyl (C=O) groups is 8. The summed E-state index contributed by atoms with van der Waals surface area (Å²) in [6.07, 6.45) is 7.32. The van der Waals surface area contributed by atoms with Gasteiger partial charge in [-0.1, -0.05) is 111 Å². The van der Waals surface area contributed by atoms with Crippen LogP contribution >= 0.6 is 0 Å². The zero-order valence-corrected chi connectivity index (χ0v) is 69.5. The minimum atomic E-state index is -2.36. The molecular formula is C74H132FN3O16S7. The molecule has 0 aliphatic carbocycles. The summed E-state index contributed by atoms with van der Waals surface area (Å²) >= 11 is 0. The molecule has 0 unspecified atom stereocenters. The Hall–Kier alpha value is -3.26. The number of nitriles is 1. The molecule has 0 bridgehead atoms. The van der Waals surface area contributed by atoms with Crippen molar-refractivity contribution in [2.75, 3.05) is 87.6 Å². The van der Waals surface area contributed by atoms with Crippen LogP contribution in [-0.2, 0) is 105 Å². The van der Waals surface area contributed by atoms with Crippen molar-refractivity contribution >= 4 is 143 Å². The number of hydrogen-bond donors (Lipinski definition) is 1. The molecule has 0 aromatic heterocycles. The highest BCUT2D eigenvalue weighted by Gasteiger charge is 2.45. The fourth-order valence-corrected chi connectivity index (χ4v) is 25.2. The second kappa shape index (κ2) is 40.6. The maximum Gasteiger partial charge on any atom is 0.250 e. The van der Waals surface area contributed by atoms with Crippen molar-refractivity contribution in [1.82, 2.24) is 0 Å². The van der Waals surface area contributed by atoms with E-state index >= 15 is 0 Å². The number of hydrogen-bond acceptors (Lipinski definition) is 18. The standard InChI is InChI=1S/C11H19NO3S.C11H17NO2S.C11H20O2S.C10H17FO2S.C10H19NO2S.C10H18O3S.C10H18O2S.CH4/c1-8(2)11(14)10-4-6-16(15,7-5-10)12-9(3)13;1-9(2)10(13)11(8-12)4-6-15(3,14)7-5-11;1-9(2)10(12)11(3)5-7-14(4,13)8-6-11;1-8(2)9(12)10(11)4-6-14(3,13)7-5-10;1-8(2)10(12)9-4-6-14(13,11-3)7-5-9;1-8(2)9(11)10(12)4-6-14(3,13)7-5-10;1-8(2)10(11)9-4-6-13(3,12)7-5-9;/h8,10H,4-7H2,1-3H3;9H,3-7H2,1-2H3;9H,4-8H2,1-3H3;8H,3-7H2,1-2H3;8-9H,4-7H2,1-3H3;8,12H,3-7H2,1-2H3;8-9H,3-7H2,1-2H3;1H4. The maximum atomic E-state index is 14.1. The third kappa shape index (κ3) is 32.4. The molecule has 588 valence electrons. The van der Waals surface area contributed by atoms with E-state index in [-0.39, 0.29) is 125 Å². The molecule has 27 heteroatoms. The van der Waals surface area contributed by atoms with Crippen molar-refractivity contribution in [3.63, 3.8) is 0 Å². The van der Waals surface area contributed by atoms with Gasteiger partial charge < -0.3 is 5.11 Å². The van der Waals surface area contributed by atoms with Crippen LogP contribution in [0.3, 0.4) is 0 Å². The lowest BCUT2D eigenvalue weighted by molar-refractivity contribution is -0.141. The summed E-state index contributed by atoms with van der Waals surface area (Å²) < 4.78 is 103.